The molecule has 0 amide bonds. The smallest absolute Gasteiger partial charge is 0.315 e. The van der Waals surface area contributed by atoms with Gasteiger partial charge in [0, 0.05) is 5.56 Å². The van der Waals surface area contributed by atoms with Crippen LogP contribution in [0, 0.1) is 6.92 Å². The van der Waals surface area contributed by atoms with Crippen molar-refractivity contribution in [1.29, 1.82) is 0 Å². The third-order valence-electron chi connectivity index (χ3n) is 2.20. The van der Waals surface area contributed by atoms with Crippen molar-refractivity contribution < 1.29 is 14.3 Å². The Morgan fingerprint density at radius 1 is 1.24 bits per heavy atom. The number of aryl methyl sites for hydroxylation is 1. The second kappa shape index (κ2) is 7.12. The molecular formula is C13H16O3S. The molecule has 17 heavy (non-hydrogen) atoms. The molecule has 0 saturated heterocycles. The zero-order valence-electron chi connectivity index (χ0n) is 10.1. The highest BCUT2D eigenvalue weighted by Gasteiger charge is 2.10. The summed E-state index contributed by atoms with van der Waals surface area (Å²) < 4.78 is 4.78. The molecule has 0 heterocycles. The molecule has 0 aliphatic heterocycles. The number of carbonyl (C=O) groups is 2. The lowest BCUT2D eigenvalue weighted by molar-refractivity contribution is -0.139. The third-order valence-corrected chi connectivity index (χ3v) is 3.11. The maximum atomic E-state index is 11.8. The lowest BCUT2D eigenvalue weighted by Crippen LogP contribution is -2.10. The van der Waals surface area contributed by atoms with Gasteiger partial charge in [0.2, 0.25) is 0 Å². The van der Waals surface area contributed by atoms with Gasteiger partial charge >= 0.3 is 5.97 Å². The number of hydrogen-bond acceptors (Lipinski definition) is 4. The molecular weight excluding hydrogens is 236 g/mol. The molecule has 1 aromatic carbocycles. The number of benzene rings is 1. The maximum Gasteiger partial charge on any atom is 0.315 e. The van der Waals surface area contributed by atoms with Crippen LogP contribution in [-0.2, 0) is 9.53 Å². The molecule has 0 N–H and O–H groups in total. The number of Topliss-reactive ketones (excluding diaryl/α,β-unsaturated/α-hetero) is 1. The second-order valence-corrected chi connectivity index (χ2v) is 4.52. The van der Waals surface area contributed by atoms with Gasteiger partial charge in [-0.25, -0.2) is 0 Å². The van der Waals surface area contributed by atoms with Gasteiger partial charge in [0.05, 0.1) is 18.1 Å². The van der Waals surface area contributed by atoms with Crippen molar-refractivity contribution in [3.63, 3.8) is 0 Å². The van der Waals surface area contributed by atoms with Crippen molar-refractivity contribution in [2.45, 2.75) is 13.8 Å². The number of carbonyl (C=O) groups excluding carboxylic acids is 2. The number of ketones is 1. The lowest BCUT2D eigenvalue weighted by Gasteiger charge is -2.04. The SMILES string of the molecule is CCOC(=O)CSCC(=O)c1ccccc1C. The van der Waals surface area contributed by atoms with Gasteiger partial charge in [0.15, 0.2) is 5.78 Å². The highest BCUT2D eigenvalue weighted by Crippen LogP contribution is 2.11. The first-order valence-corrected chi connectivity index (χ1v) is 6.62. The fourth-order valence-corrected chi connectivity index (χ4v) is 2.09. The minimum Gasteiger partial charge on any atom is -0.465 e. The van der Waals surface area contributed by atoms with Gasteiger partial charge in [-0.2, -0.15) is 0 Å². The van der Waals surface area contributed by atoms with Gasteiger partial charge in [-0.05, 0) is 19.4 Å². The molecule has 3 nitrogen and oxygen atoms in total. The molecule has 0 aliphatic carbocycles. The van der Waals surface area contributed by atoms with Crippen LogP contribution in [0.25, 0.3) is 0 Å². The number of hydrogen-bond donors (Lipinski definition) is 0. The Morgan fingerprint density at radius 2 is 1.94 bits per heavy atom. The van der Waals surface area contributed by atoms with E-state index >= 15 is 0 Å². The quantitative estimate of drug-likeness (QED) is 0.576. The molecule has 4 heteroatoms. The summed E-state index contributed by atoms with van der Waals surface area (Å²) in [5.74, 6) is 0.322. The molecule has 0 bridgehead atoms. The van der Waals surface area contributed by atoms with Crippen LogP contribution in [0.5, 0.6) is 0 Å². The molecule has 0 saturated carbocycles. The maximum absolute atomic E-state index is 11.8. The van der Waals surface area contributed by atoms with Crippen molar-refractivity contribution in [2.24, 2.45) is 0 Å². The second-order valence-electron chi connectivity index (χ2n) is 3.54. The molecule has 1 aromatic rings. The van der Waals surface area contributed by atoms with E-state index in [0.29, 0.717) is 12.4 Å². The van der Waals surface area contributed by atoms with Crippen molar-refractivity contribution in [1.82, 2.24) is 0 Å². The van der Waals surface area contributed by atoms with Gasteiger partial charge in [-0.3, -0.25) is 9.59 Å². The summed E-state index contributed by atoms with van der Waals surface area (Å²) in [7, 11) is 0. The molecule has 1 rings (SSSR count). The van der Waals surface area contributed by atoms with Crippen molar-refractivity contribution in [3.05, 3.63) is 35.4 Å². The number of rotatable bonds is 6. The summed E-state index contributed by atoms with van der Waals surface area (Å²) in [5, 5.41) is 0. The van der Waals surface area contributed by atoms with E-state index in [0.717, 1.165) is 11.1 Å². The van der Waals surface area contributed by atoms with E-state index < -0.39 is 0 Å². The Morgan fingerprint density at radius 3 is 2.59 bits per heavy atom. The first-order valence-electron chi connectivity index (χ1n) is 5.47. The van der Waals surface area contributed by atoms with Crippen LogP contribution in [0.1, 0.15) is 22.8 Å². The summed E-state index contributed by atoms with van der Waals surface area (Å²) >= 11 is 1.29. The predicted molar refractivity (Wildman–Crippen MR) is 69.5 cm³/mol. The highest BCUT2D eigenvalue weighted by atomic mass is 32.2. The molecule has 0 atom stereocenters. The summed E-state index contributed by atoms with van der Waals surface area (Å²) in [5.41, 5.74) is 1.69. The highest BCUT2D eigenvalue weighted by molar-refractivity contribution is 8.00. The lowest BCUT2D eigenvalue weighted by atomic mass is 10.1. The largest absolute Gasteiger partial charge is 0.465 e. The molecule has 0 fully saturated rings. The van der Waals surface area contributed by atoms with E-state index in [-0.39, 0.29) is 17.5 Å². The van der Waals surface area contributed by atoms with E-state index in [1.165, 1.54) is 11.8 Å². The zero-order valence-corrected chi connectivity index (χ0v) is 10.9. The van der Waals surface area contributed by atoms with Crippen LogP contribution >= 0.6 is 11.8 Å². The fraction of sp³-hybridized carbons (Fsp3) is 0.385. The molecule has 0 radical (unpaired) electrons. The molecule has 0 spiro atoms. The molecule has 0 aromatic heterocycles. The van der Waals surface area contributed by atoms with Gasteiger partial charge in [0.1, 0.15) is 0 Å². The third kappa shape index (κ3) is 4.61. The number of ether oxygens (including phenoxy) is 1. The zero-order chi connectivity index (χ0) is 12.7. The van der Waals surface area contributed by atoms with E-state index in [1.54, 1.807) is 6.92 Å². The van der Waals surface area contributed by atoms with Crippen LogP contribution in [-0.4, -0.2) is 29.9 Å². The van der Waals surface area contributed by atoms with E-state index in [4.69, 9.17) is 4.74 Å². The van der Waals surface area contributed by atoms with Crippen LogP contribution in [0.15, 0.2) is 24.3 Å². The Kier molecular flexibility index (Phi) is 5.77. The van der Waals surface area contributed by atoms with E-state index in [2.05, 4.69) is 0 Å². The summed E-state index contributed by atoms with van der Waals surface area (Å²) in [6.45, 7) is 4.05. The first-order chi connectivity index (χ1) is 8.15. The monoisotopic (exact) mass is 252 g/mol. The van der Waals surface area contributed by atoms with Crippen molar-refractivity contribution in [2.75, 3.05) is 18.1 Å². The summed E-state index contributed by atoms with van der Waals surface area (Å²) in [6.07, 6.45) is 0. The predicted octanol–water partition coefficient (Wildman–Crippen LogP) is 2.47. The van der Waals surface area contributed by atoms with Gasteiger partial charge in [-0.1, -0.05) is 24.3 Å². The minimum atomic E-state index is -0.268. The van der Waals surface area contributed by atoms with Crippen molar-refractivity contribution in [3.8, 4) is 0 Å². The fourth-order valence-electron chi connectivity index (χ4n) is 1.39. The average Bonchev–Trinajstić information content (AvgIpc) is 2.29. The van der Waals surface area contributed by atoms with Gasteiger partial charge in [0.25, 0.3) is 0 Å². The topological polar surface area (TPSA) is 43.4 Å². The Balaban J connectivity index is 2.41. The molecule has 0 unspecified atom stereocenters. The number of esters is 1. The Hall–Kier alpha value is -1.29. The van der Waals surface area contributed by atoms with Crippen LogP contribution in [0.3, 0.4) is 0 Å². The minimum absolute atomic E-state index is 0.0531. The average molecular weight is 252 g/mol. The summed E-state index contributed by atoms with van der Waals surface area (Å²) in [4.78, 5) is 22.9. The Bertz CT molecular complexity index is 401. The van der Waals surface area contributed by atoms with Crippen LogP contribution in [0.2, 0.25) is 0 Å². The van der Waals surface area contributed by atoms with Gasteiger partial charge in [-0.15, -0.1) is 11.8 Å². The molecule has 92 valence electrons. The van der Waals surface area contributed by atoms with Crippen LogP contribution < -0.4 is 0 Å². The normalized spacial score (nSPS) is 10.0. The van der Waals surface area contributed by atoms with E-state index in [9.17, 15) is 9.59 Å². The van der Waals surface area contributed by atoms with Crippen molar-refractivity contribution >= 4 is 23.5 Å². The standard InChI is InChI=1S/C13H16O3S/c1-3-16-13(15)9-17-8-12(14)11-7-5-4-6-10(11)2/h4-7H,3,8-9H2,1-2H3. The first kappa shape index (κ1) is 13.8. The van der Waals surface area contributed by atoms with Crippen LogP contribution in [0.4, 0.5) is 0 Å². The van der Waals surface area contributed by atoms with E-state index in [1.807, 2.05) is 31.2 Å². The van der Waals surface area contributed by atoms with Gasteiger partial charge < -0.3 is 4.74 Å². The molecule has 0 aliphatic rings. The summed E-state index contributed by atoms with van der Waals surface area (Å²) in [6, 6.07) is 7.46. The number of thioether (sulfide) groups is 1. The Labute approximate surface area is 106 Å².